The van der Waals surface area contributed by atoms with Crippen molar-refractivity contribution in [2.45, 2.75) is 26.0 Å². The SMILES string of the molecule is CC[C@@H](Oc1ccc(F)cc1)C(=O)NCc1nc(-c2ccc(OC)cc2)no1. The molecule has 0 radical (unpaired) electrons. The Balaban J connectivity index is 1.57. The summed E-state index contributed by atoms with van der Waals surface area (Å²) in [7, 11) is 1.59. The first kappa shape index (κ1) is 19.3. The van der Waals surface area contributed by atoms with Crippen molar-refractivity contribution in [1.29, 1.82) is 0 Å². The van der Waals surface area contributed by atoms with Crippen LogP contribution in [0.4, 0.5) is 4.39 Å². The Hall–Kier alpha value is -3.42. The van der Waals surface area contributed by atoms with Crippen LogP contribution in [0.25, 0.3) is 11.4 Å². The predicted octanol–water partition coefficient (Wildman–Crippen LogP) is 3.36. The van der Waals surface area contributed by atoms with Gasteiger partial charge in [0, 0.05) is 5.56 Å². The number of nitrogens with zero attached hydrogens (tertiary/aromatic N) is 2. The second-order valence-electron chi connectivity index (χ2n) is 5.93. The lowest BCUT2D eigenvalue weighted by atomic mass is 10.2. The molecule has 0 saturated carbocycles. The molecule has 28 heavy (non-hydrogen) atoms. The molecule has 8 heteroatoms. The third kappa shape index (κ3) is 4.85. The largest absolute Gasteiger partial charge is 0.497 e. The third-order valence-corrected chi connectivity index (χ3v) is 3.99. The predicted molar refractivity (Wildman–Crippen MR) is 99.2 cm³/mol. The maximum absolute atomic E-state index is 13.0. The van der Waals surface area contributed by atoms with Crippen molar-refractivity contribution >= 4 is 5.91 Å². The molecule has 0 bridgehead atoms. The standard InChI is InChI=1S/C20H20FN3O4/c1-3-17(27-16-10-6-14(21)7-11-16)20(25)22-12-18-23-19(24-28-18)13-4-8-15(26-2)9-5-13/h4-11,17H,3,12H2,1-2H3,(H,22,25)/t17-/m1/s1. The van der Waals surface area contributed by atoms with Crippen molar-refractivity contribution in [3.8, 4) is 22.9 Å². The molecule has 0 aliphatic carbocycles. The first-order valence-electron chi connectivity index (χ1n) is 8.76. The molecule has 0 saturated heterocycles. The van der Waals surface area contributed by atoms with Gasteiger partial charge in [0.25, 0.3) is 5.91 Å². The quantitative estimate of drug-likeness (QED) is 0.640. The highest BCUT2D eigenvalue weighted by molar-refractivity contribution is 5.81. The third-order valence-electron chi connectivity index (χ3n) is 3.99. The van der Waals surface area contributed by atoms with Crippen LogP contribution in [0.1, 0.15) is 19.2 Å². The van der Waals surface area contributed by atoms with Crippen LogP contribution in [0.3, 0.4) is 0 Å². The number of rotatable bonds is 8. The van der Waals surface area contributed by atoms with E-state index in [1.807, 2.05) is 19.1 Å². The molecule has 0 aliphatic heterocycles. The average molecular weight is 385 g/mol. The van der Waals surface area contributed by atoms with Gasteiger partial charge in [-0.15, -0.1) is 0 Å². The summed E-state index contributed by atoms with van der Waals surface area (Å²) in [6.07, 6.45) is -0.265. The van der Waals surface area contributed by atoms with Crippen LogP contribution >= 0.6 is 0 Å². The molecule has 1 aromatic heterocycles. The number of carbonyl (C=O) groups is 1. The molecule has 3 rings (SSSR count). The Morgan fingerprint density at radius 3 is 2.46 bits per heavy atom. The van der Waals surface area contributed by atoms with Crippen LogP contribution in [0, 0.1) is 5.82 Å². The summed E-state index contributed by atoms with van der Waals surface area (Å²) in [5.41, 5.74) is 0.771. The van der Waals surface area contributed by atoms with Gasteiger partial charge >= 0.3 is 0 Å². The fourth-order valence-corrected chi connectivity index (χ4v) is 2.46. The van der Waals surface area contributed by atoms with Gasteiger partial charge in [-0.3, -0.25) is 4.79 Å². The van der Waals surface area contributed by atoms with E-state index in [0.717, 1.165) is 11.3 Å². The number of ether oxygens (including phenoxy) is 2. The normalized spacial score (nSPS) is 11.7. The zero-order valence-corrected chi connectivity index (χ0v) is 15.5. The zero-order valence-electron chi connectivity index (χ0n) is 15.5. The number of benzene rings is 2. The Morgan fingerprint density at radius 2 is 1.82 bits per heavy atom. The van der Waals surface area contributed by atoms with Gasteiger partial charge in [0.05, 0.1) is 13.7 Å². The number of aromatic nitrogens is 2. The zero-order chi connectivity index (χ0) is 19.9. The van der Waals surface area contributed by atoms with Crippen molar-refractivity contribution < 1.29 is 23.2 Å². The van der Waals surface area contributed by atoms with Gasteiger partial charge in [0.2, 0.25) is 11.7 Å². The van der Waals surface area contributed by atoms with Crippen LogP contribution < -0.4 is 14.8 Å². The lowest BCUT2D eigenvalue weighted by Crippen LogP contribution is -2.37. The second kappa shape index (κ2) is 8.98. The Labute approximate surface area is 161 Å². The van der Waals surface area contributed by atoms with Gasteiger partial charge < -0.3 is 19.3 Å². The van der Waals surface area contributed by atoms with Gasteiger partial charge in [-0.05, 0) is 55.0 Å². The van der Waals surface area contributed by atoms with Gasteiger partial charge in [-0.1, -0.05) is 12.1 Å². The van der Waals surface area contributed by atoms with E-state index in [9.17, 15) is 9.18 Å². The summed E-state index contributed by atoms with van der Waals surface area (Å²) >= 11 is 0. The maximum atomic E-state index is 13.0. The van der Waals surface area contributed by atoms with E-state index in [1.54, 1.807) is 19.2 Å². The molecule has 0 fully saturated rings. The topological polar surface area (TPSA) is 86.5 Å². The molecule has 1 N–H and O–H groups in total. The average Bonchev–Trinajstić information content (AvgIpc) is 3.20. The highest BCUT2D eigenvalue weighted by Gasteiger charge is 2.19. The molecule has 2 aromatic carbocycles. The Kier molecular flexibility index (Phi) is 6.21. The minimum atomic E-state index is -0.713. The number of halogens is 1. The molecule has 1 heterocycles. The molecule has 1 amide bonds. The molecule has 0 unspecified atom stereocenters. The first-order chi connectivity index (χ1) is 13.6. The lowest BCUT2D eigenvalue weighted by Gasteiger charge is -2.16. The van der Waals surface area contributed by atoms with Gasteiger partial charge in [0.15, 0.2) is 6.10 Å². The molecule has 7 nitrogen and oxygen atoms in total. The minimum Gasteiger partial charge on any atom is -0.497 e. The first-order valence-corrected chi connectivity index (χ1v) is 8.76. The minimum absolute atomic E-state index is 0.0747. The van der Waals surface area contributed by atoms with Crippen LogP contribution in [0.15, 0.2) is 53.1 Å². The Bertz CT molecular complexity index is 910. The monoisotopic (exact) mass is 385 g/mol. The number of methoxy groups -OCH3 is 1. The van der Waals surface area contributed by atoms with E-state index in [1.165, 1.54) is 24.3 Å². The van der Waals surface area contributed by atoms with Crippen molar-refractivity contribution in [3.63, 3.8) is 0 Å². The highest BCUT2D eigenvalue weighted by atomic mass is 19.1. The van der Waals surface area contributed by atoms with E-state index >= 15 is 0 Å². The van der Waals surface area contributed by atoms with Crippen molar-refractivity contribution in [1.82, 2.24) is 15.5 Å². The van der Waals surface area contributed by atoms with Gasteiger partial charge in [-0.25, -0.2) is 4.39 Å². The van der Waals surface area contributed by atoms with E-state index in [0.29, 0.717) is 18.0 Å². The molecular weight excluding hydrogens is 365 g/mol. The number of nitrogens with one attached hydrogen (secondary N) is 1. The number of hydrogen-bond donors (Lipinski definition) is 1. The van der Waals surface area contributed by atoms with E-state index in [4.69, 9.17) is 14.0 Å². The molecule has 0 aliphatic rings. The summed E-state index contributed by atoms with van der Waals surface area (Å²) in [5.74, 6) is 1.15. The van der Waals surface area contributed by atoms with Crippen LogP contribution in [0.5, 0.6) is 11.5 Å². The van der Waals surface area contributed by atoms with Crippen molar-refractivity contribution in [2.75, 3.05) is 7.11 Å². The smallest absolute Gasteiger partial charge is 0.261 e. The molecular formula is C20H20FN3O4. The fraction of sp³-hybridized carbons (Fsp3) is 0.250. The van der Waals surface area contributed by atoms with Crippen molar-refractivity contribution in [3.05, 3.63) is 60.2 Å². The van der Waals surface area contributed by atoms with Crippen LogP contribution in [0.2, 0.25) is 0 Å². The fourth-order valence-electron chi connectivity index (χ4n) is 2.46. The van der Waals surface area contributed by atoms with Crippen LogP contribution in [-0.2, 0) is 11.3 Å². The number of carbonyl (C=O) groups excluding carboxylic acids is 1. The van der Waals surface area contributed by atoms with E-state index < -0.39 is 6.10 Å². The van der Waals surface area contributed by atoms with E-state index in [-0.39, 0.29) is 24.2 Å². The molecule has 146 valence electrons. The summed E-state index contributed by atoms with van der Waals surface area (Å²) < 4.78 is 28.9. The summed E-state index contributed by atoms with van der Waals surface area (Å²) in [6, 6.07) is 12.7. The molecule has 3 aromatic rings. The lowest BCUT2D eigenvalue weighted by molar-refractivity contribution is -0.128. The second-order valence-corrected chi connectivity index (χ2v) is 5.93. The summed E-state index contributed by atoms with van der Waals surface area (Å²) in [6.45, 7) is 1.90. The summed E-state index contributed by atoms with van der Waals surface area (Å²) in [5, 5.41) is 6.63. The Morgan fingerprint density at radius 1 is 1.14 bits per heavy atom. The van der Waals surface area contributed by atoms with Crippen molar-refractivity contribution in [2.24, 2.45) is 0 Å². The molecule has 0 spiro atoms. The molecule has 1 atom stereocenters. The number of amides is 1. The highest BCUT2D eigenvalue weighted by Crippen LogP contribution is 2.20. The van der Waals surface area contributed by atoms with Gasteiger partial charge in [0.1, 0.15) is 17.3 Å². The number of hydrogen-bond acceptors (Lipinski definition) is 6. The van der Waals surface area contributed by atoms with E-state index in [2.05, 4.69) is 15.5 Å². The summed E-state index contributed by atoms with van der Waals surface area (Å²) in [4.78, 5) is 16.6. The van der Waals surface area contributed by atoms with Crippen LogP contribution in [-0.4, -0.2) is 29.3 Å². The maximum Gasteiger partial charge on any atom is 0.261 e. The van der Waals surface area contributed by atoms with Gasteiger partial charge in [-0.2, -0.15) is 4.98 Å².